The number of methoxy groups -OCH3 is 3. The SMILES string of the molecule is CCCc1cc(=O)oc2c3c(c(Cl)cc12)OCN(c1cc(OC)c(OC)cc1C(=O)OC)C3. The Bertz CT molecular complexity index is 1280. The van der Waals surface area contributed by atoms with E-state index in [4.69, 9.17) is 35.0 Å². The Morgan fingerprint density at radius 3 is 2.52 bits per heavy atom. The molecule has 0 fully saturated rings. The van der Waals surface area contributed by atoms with Crippen LogP contribution in [-0.4, -0.2) is 34.0 Å². The molecule has 0 unspecified atom stereocenters. The molecule has 0 atom stereocenters. The first-order valence-electron chi connectivity index (χ1n) is 10.4. The Morgan fingerprint density at radius 1 is 1.12 bits per heavy atom. The number of carbonyl (C=O) groups excluding carboxylic acids is 1. The van der Waals surface area contributed by atoms with Gasteiger partial charge in [0, 0.05) is 23.6 Å². The fourth-order valence-corrected chi connectivity index (χ4v) is 4.36. The topological polar surface area (TPSA) is 87.4 Å². The summed E-state index contributed by atoms with van der Waals surface area (Å²) in [7, 11) is 4.31. The van der Waals surface area contributed by atoms with Crippen molar-refractivity contribution in [2.24, 2.45) is 0 Å². The van der Waals surface area contributed by atoms with Gasteiger partial charge in [-0.2, -0.15) is 0 Å². The third-order valence-corrected chi connectivity index (χ3v) is 5.88. The number of carbonyl (C=O) groups is 1. The van der Waals surface area contributed by atoms with Crippen LogP contribution >= 0.6 is 11.6 Å². The fourth-order valence-electron chi connectivity index (χ4n) is 4.09. The fraction of sp³-hybridized carbons (Fsp3) is 0.333. The average Bonchev–Trinajstić information content (AvgIpc) is 2.83. The first kappa shape index (κ1) is 22.8. The van der Waals surface area contributed by atoms with E-state index in [1.807, 2.05) is 11.8 Å². The Balaban J connectivity index is 1.89. The van der Waals surface area contributed by atoms with Crippen molar-refractivity contribution in [3.05, 3.63) is 56.4 Å². The lowest BCUT2D eigenvalue weighted by Crippen LogP contribution is -2.33. The maximum atomic E-state index is 12.6. The molecule has 2 aromatic carbocycles. The number of hydrogen-bond acceptors (Lipinski definition) is 8. The van der Waals surface area contributed by atoms with Gasteiger partial charge >= 0.3 is 11.6 Å². The van der Waals surface area contributed by atoms with Crippen LogP contribution in [-0.2, 0) is 17.7 Å². The largest absolute Gasteiger partial charge is 0.493 e. The normalized spacial score (nSPS) is 12.8. The van der Waals surface area contributed by atoms with Gasteiger partial charge in [0.05, 0.1) is 49.7 Å². The zero-order valence-corrected chi connectivity index (χ0v) is 19.6. The summed E-state index contributed by atoms with van der Waals surface area (Å²) in [5.74, 6) is 0.754. The van der Waals surface area contributed by atoms with Gasteiger partial charge in [-0.1, -0.05) is 24.9 Å². The van der Waals surface area contributed by atoms with Crippen molar-refractivity contribution in [3.8, 4) is 17.2 Å². The van der Waals surface area contributed by atoms with Crippen molar-refractivity contribution >= 4 is 34.2 Å². The van der Waals surface area contributed by atoms with E-state index < -0.39 is 11.6 Å². The van der Waals surface area contributed by atoms with Crippen molar-refractivity contribution in [3.63, 3.8) is 0 Å². The van der Waals surface area contributed by atoms with Gasteiger partial charge in [-0.15, -0.1) is 0 Å². The number of nitrogens with zero attached hydrogens (tertiary/aromatic N) is 1. The quantitative estimate of drug-likeness (QED) is 0.380. The summed E-state index contributed by atoms with van der Waals surface area (Å²) in [6.07, 6.45) is 1.58. The maximum absolute atomic E-state index is 12.6. The van der Waals surface area contributed by atoms with Crippen LogP contribution in [0.4, 0.5) is 5.69 Å². The van der Waals surface area contributed by atoms with E-state index in [1.54, 1.807) is 18.2 Å². The van der Waals surface area contributed by atoms with Gasteiger partial charge in [-0.05, 0) is 18.1 Å². The smallest absolute Gasteiger partial charge is 0.340 e. The predicted molar refractivity (Wildman–Crippen MR) is 124 cm³/mol. The molecule has 0 aliphatic carbocycles. The van der Waals surface area contributed by atoms with Crippen molar-refractivity contribution in [1.29, 1.82) is 0 Å². The number of halogens is 1. The van der Waals surface area contributed by atoms with Crippen molar-refractivity contribution in [1.82, 2.24) is 0 Å². The summed E-state index contributed by atoms with van der Waals surface area (Å²) in [5, 5.41) is 1.20. The molecule has 0 spiro atoms. The van der Waals surface area contributed by atoms with Gasteiger partial charge in [0.15, 0.2) is 18.2 Å². The summed E-state index contributed by atoms with van der Waals surface area (Å²) in [4.78, 5) is 26.7. The standard InChI is InChI=1S/C24H24ClNO7/c1-5-6-13-7-21(27)33-22-14(13)8-17(25)23-16(22)11-26(12-32-23)18-10-20(30-3)19(29-2)9-15(18)24(28)31-4/h7-10H,5-6,11-12H2,1-4H3. The van der Waals surface area contributed by atoms with Gasteiger partial charge in [0.25, 0.3) is 0 Å². The molecule has 8 nitrogen and oxygen atoms in total. The minimum atomic E-state index is -0.538. The molecule has 0 saturated carbocycles. The number of esters is 1. The average molecular weight is 474 g/mol. The van der Waals surface area contributed by atoms with Crippen molar-refractivity contribution in [2.75, 3.05) is 33.0 Å². The highest BCUT2D eigenvalue weighted by Gasteiger charge is 2.29. The van der Waals surface area contributed by atoms with Crippen LogP contribution in [0.2, 0.25) is 5.02 Å². The van der Waals surface area contributed by atoms with Crippen LogP contribution in [0.15, 0.2) is 33.5 Å². The van der Waals surface area contributed by atoms with E-state index in [9.17, 15) is 9.59 Å². The number of benzene rings is 2. The molecular formula is C24H24ClNO7. The van der Waals surface area contributed by atoms with E-state index >= 15 is 0 Å². The highest BCUT2D eigenvalue weighted by atomic mass is 35.5. The Labute approximate surface area is 195 Å². The highest BCUT2D eigenvalue weighted by Crippen LogP contribution is 2.42. The van der Waals surface area contributed by atoms with Crippen molar-refractivity contribution < 1.29 is 28.2 Å². The maximum Gasteiger partial charge on any atom is 0.340 e. The number of ether oxygens (including phenoxy) is 4. The van der Waals surface area contributed by atoms with Crippen LogP contribution in [0.25, 0.3) is 11.0 Å². The van der Waals surface area contributed by atoms with E-state index in [0.29, 0.717) is 45.5 Å². The first-order chi connectivity index (χ1) is 15.9. The number of aryl methyl sites for hydroxylation is 1. The van der Waals surface area contributed by atoms with Crippen LogP contribution in [0.1, 0.15) is 34.8 Å². The van der Waals surface area contributed by atoms with Crippen LogP contribution in [0.3, 0.4) is 0 Å². The second-order valence-electron chi connectivity index (χ2n) is 7.57. The summed E-state index contributed by atoms with van der Waals surface area (Å²) >= 11 is 6.54. The molecule has 174 valence electrons. The molecule has 4 rings (SSSR count). The molecule has 0 saturated heterocycles. The third kappa shape index (κ3) is 4.06. The van der Waals surface area contributed by atoms with Crippen LogP contribution in [0.5, 0.6) is 17.2 Å². The van der Waals surface area contributed by atoms with Gasteiger partial charge in [-0.3, -0.25) is 0 Å². The summed E-state index contributed by atoms with van der Waals surface area (Å²) in [6.45, 7) is 2.43. The number of anilines is 1. The monoisotopic (exact) mass is 473 g/mol. The molecule has 0 radical (unpaired) electrons. The van der Waals surface area contributed by atoms with E-state index in [2.05, 4.69) is 0 Å². The molecule has 1 aliphatic rings. The lowest BCUT2D eigenvalue weighted by molar-refractivity contribution is 0.0600. The molecular weight excluding hydrogens is 450 g/mol. The summed E-state index contributed by atoms with van der Waals surface area (Å²) in [5.41, 5.74) is 2.28. The molecule has 1 aromatic heterocycles. The van der Waals surface area contributed by atoms with Crippen LogP contribution in [0, 0.1) is 0 Å². The van der Waals surface area contributed by atoms with E-state index in [-0.39, 0.29) is 18.8 Å². The van der Waals surface area contributed by atoms with Gasteiger partial charge in [0.2, 0.25) is 0 Å². The third-order valence-electron chi connectivity index (χ3n) is 5.60. The minimum Gasteiger partial charge on any atom is -0.493 e. The molecule has 0 amide bonds. The molecule has 0 N–H and O–H groups in total. The minimum absolute atomic E-state index is 0.108. The highest BCUT2D eigenvalue weighted by molar-refractivity contribution is 6.33. The Hall–Kier alpha value is -3.39. The summed E-state index contributed by atoms with van der Waals surface area (Å²) in [6, 6.07) is 6.52. The number of hydrogen-bond donors (Lipinski definition) is 0. The second-order valence-corrected chi connectivity index (χ2v) is 7.98. The van der Waals surface area contributed by atoms with Crippen LogP contribution < -0.4 is 24.7 Å². The molecule has 3 aromatic rings. The summed E-state index contributed by atoms with van der Waals surface area (Å²) < 4.78 is 27.3. The molecule has 9 heteroatoms. The molecule has 33 heavy (non-hydrogen) atoms. The first-order valence-corrected chi connectivity index (χ1v) is 10.8. The van der Waals surface area contributed by atoms with E-state index in [0.717, 1.165) is 17.4 Å². The number of fused-ring (bicyclic) bond motifs is 3. The lowest BCUT2D eigenvalue weighted by Gasteiger charge is -2.33. The van der Waals surface area contributed by atoms with E-state index in [1.165, 1.54) is 27.4 Å². The zero-order valence-electron chi connectivity index (χ0n) is 18.8. The predicted octanol–water partition coefficient (Wildman–Crippen LogP) is 4.56. The molecule has 0 bridgehead atoms. The zero-order chi connectivity index (χ0) is 23.7. The Morgan fingerprint density at radius 2 is 1.85 bits per heavy atom. The number of rotatable bonds is 6. The second kappa shape index (κ2) is 9.23. The molecule has 1 aliphatic heterocycles. The van der Waals surface area contributed by atoms with Gasteiger partial charge < -0.3 is 28.3 Å². The van der Waals surface area contributed by atoms with Gasteiger partial charge in [0.1, 0.15) is 11.3 Å². The lowest BCUT2D eigenvalue weighted by atomic mass is 10.0. The van der Waals surface area contributed by atoms with Crippen molar-refractivity contribution in [2.45, 2.75) is 26.3 Å². The molecule has 2 heterocycles. The van der Waals surface area contributed by atoms with Gasteiger partial charge in [-0.25, -0.2) is 9.59 Å². The Kier molecular flexibility index (Phi) is 6.37.